The molecule has 5 rings (SSSR count). The quantitative estimate of drug-likeness (QED) is 0.373. The molecule has 0 bridgehead atoms. The lowest BCUT2D eigenvalue weighted by Crippen LogP contribution is -2.14. The number of rotatable bonds is 6. The van der Waals surface area contributed by atoms with E-state index in [2.05, 4.69) is 31.7 Å². The van der Waals surface area contributed by atoms with E-state index in [1.807, 2.05) is 55.5 Å². The Morgan fingerprint density at radius 1 is 1.12 bits per heavy atom. The van der Waals surface area contributed by atoms with E-state index in [4.69, 9.17) is 4.74 Å². The highest BCUT2D eigenvalue weighted by Crippen LogP contribution is 2.27. The summed E-state index contributed by atoms with van der Waals surface area (Å²) in [5.41, 5.74) is 3.56. The van der Waals surface area contributed by atoms with Crippen LogP contribution in [0.4, 0.5) is 5.13 Å². The number of hydrogen-bond donors (Lipinski definition) is 1. The Hall–Kier alpha value is -3.50. The average Bonchev–Trinajstić information content (AvgIpc) is 3.40. The Labute approximate surface area is 191 Å². The van der Waals surface area contributed by atoms with Gasteiger partial charge in [-0.3, -0.25) is 4.79 Å². The van der Waals surface area contributed by atoms with Gasteiger partial charge in [0.1, 0.15) is 10.8 Å². The van der Waals surface area contributed by atoms with E-state index in [0.29, 0.717) is 21.6 Å². The largest absolute Gasteiger partial charge is 0.497 e. The van der Waals surface area contributed by atoms with Crippen LogP contribution in [0.3, 0.4) is 0 Å². The molecule has 0 atom stereocenters. The molecule has 5 aromatic rings. The van der Waals surface area contributed by atoms with Crippen molar-refractivity contribution in [1.29, 1.82) is 0 Å². The highest BCUT2D eigenvalue weighted by Gasteiger charge is 2.13. The number of nitrogens with one attached hydrogen (secondary N) is 1. The molecule has 0 aliphatic rings. The van der Waals surface area contributed by atoms with Crippen LogP contribution in [0.25, 0.3) is 27.3 Å². The molecule has 0 saturated carbocycles. The monoisotopic (exact) mass is 462 g/mol. The topological polar surface area (TPSA) is 94.3 Å². The Bertz CT molecular complexity index is 1430. The summed E-state index contributed by atoms with van der Waals surface area (Å²) in [5, 5.41) is 17.2. The van der Waals surface area contributed by atoms with Gasteiger partial charge in [0.15, 0.2) is 16.6 Å². The van der Waals surface area contributed by atoms with Gasteiger partial charge < -0.3 is 10.1 Å². The zero-order valence-electron chi connectivity index (χ0n) is 17.3. The number of fused-ring (bicyclic) bond motifs is 2. The second kappa shape index (κ2) is 8.56. The van der Waals surface area contributed by atoms with Crippen molar-refractivity contribution >= 4 is 50.0 Å². The predicted octanol–water partition coefficient (Wildman–Crippen LogP) is 4.45. The first-order valence-electron chi connectivity index (χ1n) is 9.76. The molecule has 0 radical (unpaired) electrons. The first-order chi connectivity index (χ1) is 15.6. The van der Waals surface area contributed by atoms with Gasteiger partial charge in [-0.15, -0.1) is 10.2 Å². The number of anilines is 1. The van der Waals surface area contributed by atoms with Crippen LogP contribution in [0.5, 0.6) is 5.75 Å². The molecule has 0 spiro atoms. The van der Waals surface area contributed by atoms with Crippen molar-refractivity contribution in [2.24, 2.45) is 0 Å². The fourth-order valence-corrected chi connectivity index (χ4v) is 4.78. The second-order valence-electron chi connectivity index (χ2n) is 7.02. The first kappa shape index (κ1) is 20.4. The molecule has 160 valence electrons. The molecular formula is C22H18N6O2S2. The number of aromatic nitrogens is 5. The zero-order chi connectivity index (χ0) is 22.1. The van der Waals surface area contributed by atoms with Crippen LogP contribution < -0.4 is 10.1 Å². The molecule has 0 aliphatic carbocycles. The van der Waals surface area contributed by atoms with Crippen LogP contribution >= 0.6 is 23.1 Å². The number of ether oxygens (including phenoxy) is 1. The minimum absolute atomic E-state index is 0.133. The summed E-state index contributed by atoms with van der Waals surface area (Å²) in [7, 11) is 1.63. The highest BCUT2D eigenvalue weighted by molar-refractivity contribution is 7.99. The van der Waals surface area contributed by atoms with Crippen LogP contribution in [-0.4, -0.2) is 43.6 Å². The molecule has 2 aromatic carbocycles. The summed E-state index contributed by atoms with van der Waals surface area (Å²) >= 11 is 2.81. The Morgan fingerprint density at radius 2 is 1.97 bits per heavy atom. The Kier molecular flexibility index (Phi) is 5.46. The number of carbonyl (C=O) groups is 1. The number of hydrogen-bond acceptors (Lipinski definition) is 8. The van der Waals surface area contributed by atoms with Gasteiger partial charge in [-0.1, -0.05) is 29.2 Å². The maximum Gasteiger partial charge on any atom is 0.236 e. The number of amides is 1. The van der Waals surface area contributed by atoms with Crippen molar-refractivity contribution in [2.75, 3.05) is 18.2 Å². The summed E-state index contributed by atoms with van der Waals surface area (Å²) in [6.07, 6.45) is 0. The van der Waals surface area contributed by atoms with Gasteiger partial charge in [0.25, 0.3) is 0 Å². The molecule has 0 fully saturated rings. The molecule has 1 N–H and O–H groups in total. The van der Waals surface area contributed by atoms with Gasteiger partial charge in [0, 0.05) is 5.56 Å². The lowest BCUT2D eigenvalue weighted by Gasteiger charge is -2.04. The summed E-state index contributed by atoms with van der Waals surface area (Å²) in [6.45, 7) is 2.04. The molecule has 3 heterocycles. The van der Waals surface area contributed by atoms with Gasteiger partial charge in [-0.2, -0.15) is 9.61 Å². The smallest absolute Gasteiger partial charge is 0.236 e. The third kappa shape index (κ3) is 4.14. The maximum atomic E-state index is 12.5. The standard InChI is InChI=1S/C22H18N6O2S2/c1-13-3-8-16-17(11-13)32-22(23-16)24-19(29)12-31-20-10-9-18-25-26-21(28(18)27-20)14-4-6-15(30-2)7-5-14/h3-11H,12H2,1-2H3,(H,23,24,29). The number of benzene rings is 2. The minimum Gasteiger partial charge on any atom is -0.497 e. The fraction of sp³-hybridized carbons (Fsp3) is 0.136. The minimum atomic E-state index is -0.133. The van der Waals surface area contributed by atoms with Gasteiger partial charge in [0.05, 0.1) is 23.1 Å². The number of methoxy groups -OCH3 is 1. The van der Waals surface area contributed by atoms with Crippen LogP contribution in [0.15, 0.2) is 59.6 Å². The average molecular weight is 463 g/mol. The Balaban J connectivity index is 1.29. The van der Waals surface area contributed by atoms with Crippen molar-refractivity contribution in [3.05, 3.63) is 60.2 Å². The first-order valence-corrected chi connectivity index (χ1v) is 11.6. The van der Waals surface area contributed by atoms with Crippen LogP contribution in [-0.2, 0) is 4.79 Å². The van der Waals surface area contributed by atoms with Crippen LogP contribution in [0.1, 0.15) is 5.56 Å². The third-order valence-electron chi connectivity index (χ3n) is 4.73. The number of nitrogens with zero attached hydrogens (tertiary/aromatic N) is 5. The SMILES string of the molecule is COc1ccc(-c2nnc3ccc(SCC(=O)Nc4nc5ccc(C)cc5s4)nn23)cc1. The van der Waals surface area contributed by atoms with E-state index in [1.54, 1.807) is 11.6 Å². The van der Waals surface area contributed by atoms with Gasteiger partial charge in [0.2, 0.25) is 5.91 Å². The lowest BCUT2D eigenvalue weighted by atomic mass is 10.2. The number of thiazole rings is 1. The summed E-state index contributed by atoms with van der Waals surface area (Å²) in [5.74, 6) is 1.47. The van der Waals surface area contributed by atoms with Gasteiger partial charge in [-0.05, 0) is 61.0 Å². The van der Waals surface area contributed by atoms with E-state index in [-0.39, 0.29) is 11.7 Å². The van der Waals surface area contributed by atoms with Gasteiger partial charge >= 0.3 is 0 Å². The lowest BCUT2D eigenvalue weighted by molar-refractivity contribution is -0.113. The van der Waals surface area contributed by atoms with Crippen molar-refractivity contribution in [1.82, 2.24) is 24.8 Å². The second-order valence-corrected chi connectivity index (χ2v) is 9.05. The number of aryl methyl sites for hydroxylation is 1. The third-order valence-corrected chi connectivity index (χ3v) is 6.58. The van der Waals surface area contributed by atoms with Crippen LogP contribution in [0.2, 0.25) is 0 Å². The summed E-state index contributed by atoms with van der Waals surface area (Å²) < 4.78 is 7.94. The molecule has 0 saturated heterocycles. The number of carbonyl (C=O) groups excluding carboxylic acids is 1. The van der Waals surface area contributed by atoms with Gasteiger partial charge in [-0.25, -0.2) is 4.98 Å². The molecule has 0 aliphatic heterocycles. The van der Waals surface area contributed by atoms with E-state index in [9.17, 15) is 4.79 Å². The molecule has 10 heteroatoms. The maximum absolute atomic E-state index is 12.5. The molecule has 3 aromatic heterocycles. The summed E-state index contributed by atoms with van der Waals surface area (Å²) in [6, 6.07) is 17.2. The zero-order valence-corrected chi connectivity index (χ0v) is 18.9. The van der Waals surface area contributed by atoms with E-state index >= 15 is 0 Å². The normalized spacial score (nSPS) is 11.2. The van der Waals surface area contributed by atoms with E-state index in [1.165, 1.54) is 28.7 Å². The molecule has 0 unspecified atom stereocenters. The fourth-order valence-electron chi connectivity index (χ4n) is 3.15. The van der Waals surface area contributed by atoms with Crippen LogP contribution in [0, 0.1) is 6.92 Å². The molecule has 1 amide bonds. The van der Waals surface area contributed by atoms with Crippen molar-refractivity contribution in [3.63, 3.8) is 0 Å². The number of thioether (sulfide) groups is 1. The molecular weight excluding hydrogens is 444 g/mol. The Morgan fingerprint density at radius 3 is 2.78 bits per heavy atom. The summed E-state index contributed by atoms with van der Waals surface area (Å²) in [4.78, 5) is 16.9. The predicted molar refractivity (Wildman–Crippen MR) is 126 cm³/mol. The van der Waals surface area contributed by atoms with E-state index < -0.39 is 0 Å². The van der Waals surface area contributed by atoms with E-state index in [0.717, 1.165) is 21.5 Å². The highest BCUT2D eigenvalue weighted by atomic mass is 32.2. The molecule has 32 heavy (non-hydrogen) atoms. The van der Waals surface area contributed by atoms with Crippen molar-refractivity contribution < 1.29 is 9.53 Å². The van der Waals surface area contributed by atoms with Crippen molar-refractivity contribution in [3.8, 4) is 17.1 Å². The molecule has 8 nitrogen and oxygen atoms in total. The van der Waals surface area contributed by atoms with Crippen molar-refractivity contribution in [2.45, 2.75) is 11.9 Å².